The molecule has 2 unspecified atom stereocenters. The first kappa shape index (κ1) is 38.7. The Morgan fingerprint density at radius 2 is 1.84 bits per heavy atom. The molecular weight excluding hydrogens is 716 g/mol. The Kier molecular flexibility index (Phi) is 9.98. The molecule has 0 spiro atoms. The molecule has 4 fully saturated rings. The number of nitrogens with one attached hydrogen (secondary N) is 4. The van der Waals surface area contributed by atoms with Crippen molar-refractivity contribution >= 4 is 30.4 Å². The van der Waals surface area contributed by atoms with E-state index in [1.54, 1.807) is 31.2 Å². The van der Waals surface area contributed by atoms with Gasteiger partial charge in [-0.1, -0.05) is 45.0 Å². The summed E-state index contributed by atoms with van der Waals surface area (Å²) in [7, 11) is -0.698. The number of carbonyl (C=O) groups is 2. The van der Waals surface area contributed by atoms with Crippen LogP contribution in [0.1, 0.15) is 90.2 Å². The topological polar surface area (TPSA) is 145 Å². The Morgan fingerprint density at radius 3 is 2.55 bits per heavy atom. The summed E-state index contributed by atoms with van der Waals surface area (Å²) in [6, 6.07) is 10.0. The molecule has 3 amide bonds. The molecule has 4 N–H and O–H groups in total. The molecule has 8 rings (SSSR count). The zero-order chi connectivity index (χ0) is 39.5. The predicted molar refractivity (Wildman–Crippen MR) is 200 cm³/mol. The Balaban J connectivity index is 1.15. The molecule has 3 heterocycles. The number of aromatic nitrogens is 2. The van der Waals surface area contributed by atoms with Gasteiger partial charge in [0.2, 0.25) is 5.91 Å². The number of benzene rings is 2. The van der Waals surface area contributed by atoms with E-state index in [2.05, 4.69) is 47.0 Å². The molecule has 0 radical (unpaired) electrons. The van der Waals surface area contributed by atoms with Crippen molar-refractivity contribution < 1.29 is 36.8 Å². The predicted octanol–water partition coefficient (Wildman–Crippen LogP) is 6.42. The molecule has 2 aliphatic heterocycles. The fourth-order valence-electron chi connectivity index (χ4n) is 9.04. The molecule has 3 aliphatic carbocycles. The zero-order valence-electron chi connectivity index (χ0n) is 31.9. The van der Waals surface area contributed by atoms with Crippen LogP contribution in [-0.4, -0.2) is 52.9 Å². The monoisotopic (exact) mass is 764 g/mol. The Bertz CT molecular complexity index is 2030. The number of hydrogen-bond donors (Lipinski definition) is 4. The number of carbonyl (C=O) groups excluding carboxylic acids is 2. The highest BCUT2D eigenvalue weighted by Gasteiger charge is 2.67. The largest absolute Gasteiger partial charge is 0.492 e. The quantitative estimate of drug-likeness (QED) is 0.164. The van der Waals surface area contributed by atoms with Gasteiger partial charge in [-0.25, -0.2) is 9.78 Å². The highest BCUT2D eigenvalue weighted by Crippen LogP contribution is 2.64. The summed E-state index contributed by atoms with van der Waals surface area (Å²) in [6.45, 7) is 12.3. The van der Waals surface area contributed by atoms with Gasteiger partial charge < -0.3 is 35.3 Å². The molecule has 2 bridgehead atoms. The van der Waals surface area contributed by atoms with Gasteiger partial charge in [0.05, 0.1) is 47.2 Å². The lowest BCUT2D eigenvalue weighted by molar-refractivity contribution is -0.185. The molecule has 1 aromatic heterocycles. The molecule has 2 aromatic carbocycles. The number of amides is 3. The first-order valence-corrected chi connectivity index (χ1v) is 18.9. The van der Waals surface area contributed by atoms with Crippen molar-refractivity contribution in [3.05, 3.63) is 82.0 Å². The van der Waals surface area contributed by atoms with E-state index >= 15 is 0 Å². The maximum absolute atomic E-state index is 14.4. The molecule has 1 saturated heterocycles. The van der Waals surface area contributed by atoms with Crippen LogP contribution in [0.2, 0.25) is 0 Å². The van der Waals surface area contributed by atoms with Crippen LogP contribution < -0.4 is 31.6 Å². The van der Waals surface area contributed by atoms with Crippen molar-refractivity contribution in [1.82, 2.24) is 20.2 Å². The standard InChI is InChI=1S/C39H48BF3N6O6/c1-7-30(40-54-31-25-17-24(36(25,3)4)18-38(31,6)55-40)47-32(50)28-19-37(5,48-35(52)46-26-14-9-10-15-29(26)53-8-2)34-45-21-27(33(51)49(28)34)44-20-22-12-11-13-23(16-22)39(41,42)43/h9-16,21,24-25,28,30-31,44H,7-8,17-20H2,1-6H3,(H,47,50)(H2,46,48,52)/t24?,25?,28-,30-,31+,37+,38-/m0/s1. The van der Waals surface area contributed by atoms with Gasteiger partial charge in [-0.15, -0.1) is 0 Å². The van der Waals surface area contributed by atoms with Gasteiger partial charge in [-0.2, -0.15) is 13.2 Å². The number of anilines is 2. The number of para-hydroxylation sites is 2. The van der Waals surface area contributed by atoms with Crippen molar-refractivity contribution in [2.75, 3.05) is 17.2 Å². The molecule has 55 heavy (non-hydrogen) atoms. The van der Waals surface area contributed by atoms with E-state index < -0.39 is 59.5 Å². The molecule has 12 nitrogen and oxygen atoms in total. The van der Waals surface area contributed by atoms with Crippen molar-refractivity contribution in [2.24, 2.45) is 17.3 Å². The maximum Gasteiger partial charge on any atom is 0.481 e. The molecule has 3 saturated carbocycles. The van der Waals surface area contributed by atoms with E-state index in [0.29, 0.717) is 41.9 Å². The van der Waals surface area contributed by atoms with Crippen molar-refractivity contribution in [1.29, 1.82) is 0 Å². The first-order chi connectivity index (χ1) is 26.0. The SMILES string of the molecule is CCOc1ccccc1NC(=O)N[C@]1(C)C[C@@H](C(=O)N[C@@H](CC)B2O[C@@H]3C4CC(C[C@]3(C)O2)C4(C)C)n2c1ncc(NCc1cccc(C(F)(F)F)c1)c2=O. The second-order valence-electron chi connectivity index (χ2n) is 16.2. The number of halogens is 3. The minimum atomic E-state index is -4.53. The van der Waals surface area contributed by atoms with Gasteiger partial charge in [-0.05, 0) is 87.1 Å². The third kappa shape index (κ3) is 7.07. The van der Waals surface area contributed by atoms with Crippen LogP contribution in [0.5, 0.6) is 5.75 Å². The highest BCUT2D eigenvalue weighted by atomic mass is 19.4. The smallest absolute Gasteiger partial charge is 0.481 e. The Labute approximate surface area is 318 Å². The Morgan fingerprint density at radius 1 is 1.07 bits per heavy atom. The van der Waals surface area contributed by atoms with E-state index in [1.165, 1.54) is 22.9 Å². The van der Waals surface area contributed by atoms with Crippen LogP contribution in [-0.2, 0) is 32.4 Å². The van der Waals surface area contributed by atoms with E-state index in [4.69, 9.17) is 14.0 Å². The zero-order valence-corrected chi connectivity index (χ0v) is 31.9. The van der Waals surface area contributed by atoms with Crippen LogP contribution in [0.3, 0.4) is 0 Å². The second kappa shape index (κ2) is 14.2. The lowest BCUT2D eigenvalue weighted by Crippen LogP contribution is -2.63. The number of alkyl halides is 3. The maximum atomic E-state index is 14.4. The molecule has 294 valence electrons. The molecule has 3 aromatic rings. The number of fused-ring (bicyclic) bond motifs is 1. The fourth-order valence-corrected chi connectivity index (χ4v) is 9.04. The Hall–Kier alpha value is -4.57. The number of nitrogens with zero attached hydrogens (tertiary/aromatic N) is 2. The van der Waals surface area contributed by atoms with Crippen LogP contribution in [0.15, 0.2) is 59.5 Å². The number of ether oxygens (including phenoxy) is 1. The van der Waals surface area contributed by atoms with Gasteiger partial charge in [0, 0.05) is 13.0 Å². The minimum absolute atomic E-state index is 0.0218. The lowest BCUT2D eigenvalue weighted by atomic mass is 9.45. The number of urea groups is 1. The summed E-state index contributed by atoms with van der Waals surface area (Å²) < 4.78 is 60.2. The number of hydrogen-bond acceptors (Lipinski definition) is 8. The van der Waals surface area contributed by atoms with Crippen LogP contribution in [0, 0.1) is 17.3 Å². The second-order valence-corrected chi connectivity index (χ2v) is 16.2. The van der Waals surface area contributed by atoms with Crippen molar-refractivity contribution in [3.8, 4) is 5.75 Å². The normalized spacial score (nSPS) is 28.0. The molecular formula is C39H48BF3N6O6. The molecule has 7 atom stereocenters. The third-order valence-electron chi connectivity index (χ3n) is 12.2. The lowest BCUT2D eigenvalue weighted by Gasteiger charge is -2.63. The van der Waals surface area contributed by atoms with Crippen LogP contribution in [0.4, 0.5) is 29.3 Å². The summed E-state index contributed by atoms with van der Waals surface area (Å²) in [5.74, 6) is 0.464. The highest BCUT2D eigenvalue weighted by molar-refractivity contribution is 6.47. The van der Waals surface area contributed by atoms with Crippen molar-refractivity contribution in [2.45, 2.75) is 109 Å². The summed E-state index contributed by atoms with van der Waals surface area (Å²) in [4.78, 5) is 46.7. The minimum Gasteiger partial charge on any atom is -0.492 e. The summed E-state index contributed by atoms with van der Waals surface area (Å²) in [5.41, 5.74) is -2.36. The summed E-state index contributed by atoms with van der Waals surface area (Å²) in [6.07, 6.45) is -0.949. The first-order valence-electron chi connectivity index (χ1n) is 18.9. The van der Waals surface area contributed by atoms with Crippen molar-refractivity contribution in [3.63, 3.8) is 0 Å². The van der Waals surface area contributed by atoms with Gasteiger partial charge >= 0.3 is 19.3 Å². The van der Waals surface area contributed by atoms with Gasteiger partial charge in [-0.3, -0.25) is 14.2 Å². The van der Waals surface area contributed by atoms with Crippen LogP contribution >= 0.6 is 0 Å². The van der Waals surface area contributed by atoms with E-state index in [-0.39, 0.29) is 36.0 Å². The third-order valence-corrected chi connectivity index (χ3v) is 12.2. The average molecular weight is 765 g/mol. The summed E-state index contributed by atoms with van der Waals surface area (Å²) in [5, 5.41) is 11.7. The van der Waals surface area contributed by atoms with E-state index in [0.717, 1.165) is 25.0 Å². The van der Waals surface area contributed by atoms with Crippen LogP contribution in [0.25, 0.3) is 0 Å². The average Bonchev–Trinajstić information content (AvgIpc) is 3.65. The molecule has 5 aliphatic rings. The van der Waals surface area contributed by atoms with Gasteiger partial charge in [0.1, 0.15) is 23.3 Å². The van der Waals surface area contributed by atoms with E-state index in [1.807, 2.05) is 13.8 Å². The molecule has 16 heteroatoms. The summed E-state index contributed by atoms with van der Waals surface area (Å²) >= 11 is 0. The number of rotatable bonds is 11. The van der Waals surface area contributed by atoms with E-state index in [9.17, 15) is 27.6 Å². The fraction of sp³-hybridized carbons (Fsp3) is 0.538. The van der Waals surface area contributed by atoms with Gasteiger partial charge in [0.15, 0.2) is 0 Å². The van der Waals surface area contributed by atoms with Gasteiger partial charge in [0.25, 0.3) is 5.56 Å².